The molecule has 2 aromatic carbocycles. The third kappa shape index (κ3) is 4.03. The number of nitrogens with zero attached hydrogens (tertiary/aromatic N) is 1. The molecule has 2 heterocycles. The number of nitrogens with one attached hydrogen (secondary N) is 1. The number of rotatable bonds is 7. The largest absolute Gasteiger partial charge is 0.493 e. The van der Waals surface area contributed by atoms with E-state index in [9.17, 15) is 9.59 Å². The monoisotopic (exact) mass is 482 g/mol. The second kappa shape index (κ2) is 9.64. The highest BCUT2D eigenvalue weighted by Gasteiger charge is 2.44. The summed E-state index contributed by atoms with van der Waals surface area (Å²) in [6.45, 7) is 0. The van der Waals surface area contributed by atoms with Gasteiger partial charge >= 0.3 is 0 Å². The molecule has 178 valence electrons. The summed E-state index contributed by atoms with van der Waals surface area (Å²) in [5, 5.41) is 4.92. The quantitative estimate of drug-likeness (QED) is 0.540. The molecule has 0 saturated carbocycles. The number of carbonyl (C=O) groups excluding carboxylic acids is 2. The number of fused-ring (bicyclic) bond motifs is 1. The summed E-state index contributed by atoms with van der Waals surface area (Å²) < 4.78 is 21.5. The van der Waals surface area contributed by atoms with E-state index in [-0.39, 0.29) is 11.8 Å². The predicted molar refractivity (Wildman–Crippen MR) is 130 cm³/mol. The van der Waals surface area contributed by atoms with E-state index in [2.05, 4.69) is 5.32 Å². The van der Waals surface area contributed by atoms with Crippen molar-refractivity contribution in [2.24, 2.45) is 0 Å². The second-order valence-corrected chi connectivity index (χ2v) is 8.69. The highest BCUT2D eigenvalue weighted by molar-refractivity contribution is 7.10. The molecule has 0 spiro atoms. The zero-order chi connectivity index (χ0) is 24.4. The minimum Gasteiger partial charge on any atom is -0.493 e. The first-order valence-corrected chi connectivity index (χ1v) is 11.4. The fraction of sp³-hybridized carbons (Fsp3) is 0.280. The molecule has 34 heavy (non-hydrogen) atoms. The highest BCUT2D eigenvalue weighted by atomic mass is 32.1. The highest BCUT2D eigenvalue weighted by Crippen LogP contribution is 2.47. The molecule has 4 rings (SSSR count). The molecule has 2 amide bonds. The van der Waals surface area contributed by atoms with Crippen LogP contribution >= 0.6 is 11.3 Å². The summed E-state index contributed by atoms with van der Waals surface area (Å²) in [4.78, 5) is 29.7. The number of methoxy groups -OCH3 is 4. The molecule has 0 fully saturated rings. The van der Waals surface area contributed by atoms with E-state index in [1.807, 2.05) is 17.5 Å². The molecule has 8 nitrogen and oxygen atoms in total. The Kier molecular flexibility index (Phi) is 6.65. The van der Waals surface area contributed by atoms with Crippen molar-refractivity contribution in [1.29, 1.82) is 0 Å². The molecule has 3 aromatic rings. The molecule has 9 heteroatoms. The van der Waals surface area contributed by atoms with E-state index in [1.165, 1.54) is 32.7 Å². The molecule has 0 radical (unpaired) electrons. The maximum atomic E-state index is 13.8. The van der Waals surface area contributed by atoms with E-state index in [0.717, 1.165) is 4.88 Å². The normalized spacial score (nSPS) is 17.1. The molecule has 1 aliphatic rings. The van der Waals surface area contributed by atoms with Crippen molar-refractivity contribution in [3.05, 3.63) is 63.8 Å². The molecule has 0 aliphatic carbocycles. The number of ether oxygens (including phenoxy) is 4. The summed E-state index contributed by atoms with van der Waals surface area (Å²) in [7, 11) is 7.83. The first-order chi connectivity index (χ1) is 16.4. The lowest BCUT2D eigenvalue weighted by Crippen LogP contribution is -2.43. The van der Waals surface area contributed by atoms with Crippen molar-refractivity contribution in [2.75, 3.05) is 40.8 Å². The average Bonchev–Trinajstić information content (AvgIpc) is 3.39. The van der Waals surface area contributed by atoms with Gasteiger partial charge in [-0.15, -0.1) is 11.3 Å². The number of likely N-dealkylation sites (N-methyl/N-ethyl adjacent to an activating group) is 1. The summed E-state index contributed by atoms with van der Waals surface area (Å²) in [5.41, 5.74) is 1.53. The van der Waals surface area contributed by atoms with Crippen LogP contribution in [-0.4, -0.2) is 52.2 Å². The van der Waals surface area contributed by atoms with Crippen molar-refractivity contribution in [3.63, 3.8) is 0 Å². The SMILES string of the molecule is COc1ccc(NC(=O)[C@H]2c3cc(OC)c(OC)cc3C(=O)N(C)[C@@H]2c2cccs2)cc1OC. The Bertz CT molecular complexity index is 1210. The average molecular weight is 483 g/mol. The van der Waals surface area contributed by atoms with Gasteiger partial charge in [0.25, 0.3) is 5.91 Å². The van der Waals surface area contributed by atoms with E-state index >= 15 is 0 Å². The smallest absolute Gasteiger partial charge is 0.254 e. The second-order valence-electron chi connectivity index (χ2n) is 7.71. The van der Waals surface area contributed by atoms with Crippen LogP contribution in [-0.2, 0) is 4.79 Å². The third-order valence-electron chi connectivity index (χ3n) is 5.94. The lowest BCUT2D eigenvalue weighted by molar-refractivity contribution is -0.119. The first kappa shape index (κ1) is 23.4. The van der Waals surface area contributed by atoms with Gasteiger partial charge in [0, 0.05) is 29.2 Å². The Labute approximate surface area is 202 Å². The molecule has 0 saturated heterocycles. The Hall–Kier alpha value is -3.72. The van der Waals surface area contributed by atoms with Crippen molar-refractivity contribution in [3.8, 4) is 23.0 Å². The van der Waals surface area contributed by atoms with Crippen LogP contribution in [0, 0.1) is 0 Å². The molecule has 0 bridgehead atoms. The summed E-state index contributed by atoms with van der Waals surface area (Å²) >= 11 is 1.50. The Balaban J connectivity index is 1.82. The van der Waals surface area contributed by atoms with Gasteiger partial charge in [-0.1, -0.05) is 6.07 Å². The van der Waals surface area contributed by atoms with Crippen LogP contribution < -0.4 is 24.3 Å². The van der Waals surface area contributed by atoms with Crippen LogP contribution in [0.15, 0.2) is 47.8 Å². The molecule has 2 atom stereocenters. The molecule has 0 unspecified atom stereocenters. The maximum absolute atomic E-state index is 13.8. The van der Waals surface area contributed by atoms with Gasteiger partial charge in [0.1, 0.15) is 0 Å². The molecule has 1 aliphatic heterocycles. The molecular formula is C25H26N2O6S. The Morgan fingerprint density at radius 1 is 0.912 bits per heavy atom. The van der Waals surface area contributed by atoms with Gasteiger partial charge in [0.2, 0.25) is 5.91 Å². The number of benzene rings is 2. The van der Waals surface area contributed by atoms with Crippen LogP contribution in [0.25, 0.3) is 0 Å². The van der Waals surface area contributed by atoms with E-state index in [1.54, 1.807) is 49.4 Å². The van der Waals surface area contributed by atoms with Gasteiger partial charge in [-0.05, 0) is 41.3 Å². The fourth-order valence-corrected chi connectivity index (χ4v) is 5.19. The van der Waals surface area contributed by atoms with Gasteiger partial charge in [-0.2, -0.15) is 0 Å². The van der Waals surface area contributed by atoms with Crippen LogP contribution in [0.2, 0.25) is 0 Å². The third-order valence-corrected chi connectivity index (χ3v) is 6.89. The summed E-state index contributed by atoms with van der Waals surface area (Å²) in [6, 6.07) is 11.9. The first-order valence-electron chi connectivity index (χ1n) is 10.5. The van der Waals surface area contributed by atoms with Crippen LogP contribution in [0.1, 0.15) is 32.8 Å². The van der Waals surface area contributed by atoms with Crippen molar-refractivity contribution in [2.45, 2.75) is 12.0 Å². The predicted octanol–water partition coefficient (Wildman–Crippen LogP) is 4.33. The zero-order valence-corrected chi connectivity index (χ0v) is 20.4. The van der Waals surface area contributed by atoms with E-state index in [0.29, 0.717) is 39.8 Å². The summed E-state index contributed by atoms with van der Waals surface area (Å²) in [5.74, 6) is 0.788. The van der Waals surface area contributed by atoms with Crippen molar-refractivity contribution >= 4 is 28.8 Å². The number of amides is 2. The van der Waals surface area contributed by atoms with Crippen LogP contribution in [0.5, 0.6) is 23.0 Å². The fourth-order valence-electron chi connectivity index (χ4n) is 4.28. The summed E-state index contributed by atoms with van der Waals surface area (Å²) in [6.07, 6.45) is 0. The minimum absolute atomic E-state index is 0.190. The van der Waals surface area contributed by atoms with Crippen molar-refractivity contribution in [1.82, 2.24) is 4.90 Å². The van der Waals surface area contributed by atoms with Gasteiger partial charge in [0.05, 0.1) is 40.4 Å². The lowest BCUT2D eigenvalue weighted by atomic mass is 9.81. The number of anilines is 1. The number of hydrogen-bond acceptors (Lipinski definition) is 7. The van der Waals surface area contributed by atoms with Crippen LogP contribution in [0.3, 0.4) is 0 Å². The zero-order valence-electron chi connectivity index (χ0n) is 19.6. The Morgan fingerprint density at radius 2 is 1.56 bits per heavy atom. The topological polar surface area (TPSA) is 86.3 Å². The Morgan fingerprint density at radius 3 is 2.18 bits per heavy atom. The molecule has 1 aromatic heterocycles. The van der Waals surface area contributed by atoms with E-state index < -0.39 is 12.0 Å². The lowest BCUT2D eigenvalue weighted by Gasteiger charge is -2.39. The number of hydrogen-bond donors (Lipinski definition) is 1. The maximum Gasteiger partial charge on any atom is 0.254 e. The van der Waals surface area contributed by atoms with Crippen LogP contribution in [0.4, 0.5) is 5.69 Å². The molecule has 1 N–H and O–H groups in total. The van der Waals surface area contributed by atoms with Gasteiger partial charge in [-0.3, -0.25) is 9.59 Å². The van der Waals surface area contributed by atoms with Crippen molar-refractivity contribution < 1.29 is 28.5 Å². The minimum atomic E-state index is -0.691. The number of thiophene rings is 1. The van der Waals surface area contributed by atoms with Gasteiger partial charge in [0.15, 0.2) is 23.0 Å². The van der Waals surface area contributed by atoms with Gasteiger partial charge < -0.3 is 29.2 Å². The van der Waals surface area contributed by atoms with E-state index in [4.69, 9.17) is 18.9 Å². The number of carbonyl (C=O) groups is 2. The molecular weight excluding hydrogens is 456 g/mol. The van der Waals surface area contributed by atoms with Gasteiger partial charge in [-0.25, -0.2) is 0 Å². The standard InChI is InChI=1S/C25H26N2O6S/c1-27-23(21-7-6-10-34-21)22(15-12-19(32-4)20(33-5)13-16(15)25(27)29)24(28)26-14-8-9-17(30-2)18(11-14)31-3/h6-13,22-23H,1-5H3,(H,26,28)/t22-,23+/m0/s1.